The summed E-state index contributed by atoms with van der Waals surface area (Å²) in [6.07, 6.45) is 0. The second-order valence-electron chi connectivity index (χ2n) is 4.15. The van der Waals surface area contributed by atoms with Gasteiger partial charge in [-0.1, -0.05) is 36.4 Å². The summed E-state index contributed by atoms with van der Waals surface area (Å²) in [6, 6.07) is 14.2. The number of hydrogen-bond acceptors (Lipinski definition) is 2. The van der Waals surface area contributed by atoms with Gasteiger partial charge in [-0.3, -0.25) is 0 Å². The lowest BCUT2D eigenvalue weighted by atomic mass is 9.96. The van der Waals surface area contributed by atoms with Crippen molar-refractivity contribution in [3.63, 3.8) is 0 Å². The Hall–Kier alpha value is -2.55. The van der Waals surface area contributed by atoms with E-state index in [9.17, 15) is 15.0 Å². The van der Waals surface area contributed by atoms with Gasteiger partial charge in [0.1, 0.15) is 5.75 Å². The van der Waals surface area contributed by atoms with Crippen molar-refractivity contribution < 1.29 is 15.0 Å². The number of carboxylic acids is 1. The molecule has 3 aromatic carbocycles. The van der Waals surface area contributed by atoms with Crippen LogP contribution in [0.4, 0.5) is 0 Å². The first kappa shape index (κ1) is 10.6. The number of aromatic carboxylic acids is 1. The van der Waals surface area contributed by atoms with Crippen molar-refractivity contribution in [2.45, 2.75) is 0 Å². The van der Waals surface area contributed by atoms with E-state index in [0.717, 1.165) is 10.8 Å². The van der Waals surface area contributed by atoms with Gasteiger partial charge in [0, 0.05) is 5.39 Å². The molecule has 18 heavy (non-hydrogen) atoms. The first-order valence-electron chi connectivity index (χ1n) is 5.55. The topological polar surface area (TPSA) is 57.5 Å². The lowest BCUT2D eigenvalue weighted by Gasteiger charge is -2.09. The van der Waals surface area contributed by atoms with E-state index in [0.29, 0.717) is 10.8 Å². The summed E-state index contributed by atoms with van der Waals surface area (Å²) in [4.78, 5) is 11.5. The quantitative estimate of drug-likeness (QED) is 0.639. The van der Waals surface area contributed by atoms with Crippen LogP contribution in [0.15, 0.2) is 48.5 Å². The molecule has 0 spiro atoms. The summed E-state index contributed by atoms with van der Waals surface area (Å²) in [6.45, 7) is 0. The van der Waals surface area contributed by atoms with Crippen molar-refractivity contribution >= 4 is 27.5 Å². The maximum atomic E-state index is 11.5. The lowest BCUT2D eigenvalue weighted by molar-refractivity contribution is 0.0701. The number of fused-ring (bicyclic) bond motifs is 2. The van der Waals surface area contributed by atoms with E-state index in [2.05, 4.69) is 0 Å². The average molecular weight is 238 g/mol. The minimum Gasteiger partial charge on any atom is -0.507 e. The van der Waals surface area contributed by atoms with Gasteiger partial charge in [-0.05, 0) is 28.3 Å². The SMILES string of the molecule is O=C(O)c1c2ccccc2cc2cccc(O)c12. The normalized spacial score (nSPS) is 10.9. The van der Waals surface area contributed by atoms with Crippen LogP contribution in [-0.4, -0.2) is 16.2 Å². The van der Waals surface area contributed by atoms with Gasteiger partial charge in [0.05, 0.1) is 5.56 Å². The van der Waals surface area contributed by atoms with Gasteiger partial charge < -0.3 is 10.2 Å². The van der Waals surface area contributed by atoms with Gasteiger partial charge in [0.25, 0.3) is 0 Å². The van der Waals surface area contributed by atoms with Crippen LogP contribution >= 0.6 is 0 Å². The summed E-state index contributed by atoms with van der Waals surface area (Å²) >= 11 is 0. The zero-order valence-corrected chi connectivity index (χ0v) is 9.42. The summed E-state index contributed by atoms with van der Waals surface area (Å²) in [5.41, 5.74) is 0.154. The van der Waals surface area contributed by atoms with E-state index in [-0.39, 0.29) is 11.3 Å². The molecule has 0 fully saturated rings. The highest BCUT2D eigenvalue weighted by Gasteiger charge is 2.16. The Balaban J connectivity index is 2.64. The molecule has 0 aromatic heterocycles. The molecule has 88 valence electrons. The largest absolute Gasteiger partial charge is 0.507 e. The summed E-state index contributed by atoms with van der Waals surface area (Å²) < 4.78 is 0. The molecule has 0 amide bonds. The molecule has 3 nitrogen and oxygen atoms in total. The first-order chi connectivity index (χ1) is 8.68. The molecular weight excluding hydrogens is 228 g/mol. The first-order valence-corrected chi connectivity index (χ1v) is 5.55. The number of aromatic hydroxyl groups is 1. The molecule has 3 rings (SSSR count). The van der Waals surface area contributed by atoms with E-state index < -0.39 is 5.97 Å². The Morgan fingerprint density at radius 2 is 1.67 bits per heavy atom. The van der Waals surface area contributed by atoms with Gasteiger partial charge in [0.15, 0.2) is 0 Å². The number of carboxylic acid groups (broad SMARTS) is 1. The Morgan fingerprint density at radius 3 is 2.44 bits per heavy atom. The fourth-order valence-electron chi connectivity index (χ4n) is 2.33. The standard InChI is InChI=1S/C15H10O3/c16-12-7-3-5-10-8-9-4-1-2-6-11(9)14(13(10)12)15(17)18/h1-8,16H,(H,17,18). The Morgan fingerprint density at radius 1 is 0.944 bits per heavy atom. The number of hydrogen-bond donors (Lipinski definition) is 2. The molecule has 0 unspecified atom stereocenters. The second-order valence-corrected chi connectivity index (χ2v) is 4.15. The predicted octanol–water partition coefficient (Wildman–Crippen LogP) is 3.40. The molecule has 3 heteroatoms. The van der Waals surface area contributed by atoms with Crippen LogP contribution in [-0.2, 0) is 0 Å². The minimum absolute atomic E-state index is 0.00402. The molecule has 0 atom stereocenters. The third-order valence-corrected chi connectivity index (χ3v) is 3.08. The molecule has 0 aliphatic rings. The molecule has 0 aliphatic carbocycles. The lowest BCUT2D eigenvalue weighted by Crippen LogP contribution is -1.99. The van der Waals surface area contributed by atoms with E-state index in [1.54, 1.807) is 24.3 Å². The highest BCUT2D eigenvalue weighted by molar-refractivity contribution is 6.17. The van der Waals surface area contributed by atoms with Crippen molar-refractivity contribution in [3.05, 3.63) is 54.1 Å². The third kappa shape index (κ3) is 1.41. The van der Waals surface area contributed by atoms with Crippen LogP contribution in [0, 0.1) is 0 Å². The molecular formula is C15H10O3. The van der Waals surface area contributed by atoms with Crippen molar-refractivity contribution in [1.29, 1.82) is 0 Å². The molecule has 0 radical (unpaired) electrons. The monoisotopic (exact) mass is 238 g/mol. The Labute approximate surface area is 103 Å². The number of carbonyl (C=O) groups is 1. The Kier molecular flexibility index (Phi) is 2.20. The van der Waals surface area contributed by atoms with Gasteiger partial charge in [-0.25, -0.2) is 4.79 Å². The number of rotatable bonds is 1. The molecule has 0 heterocycles. The maximum absolute atomic E-state index is 11.5. The van der Waals surface area contributed by atoms with Gasteiger partial charge in [-0.15, -0.1) is 0 Å². The van der Waals surface area contributed by atoms with Crippen LogP contribution < -0.4 is 0 Å². The molecule has 3 aromatic rings. The predicted molar refractivity (Wildman–Crippen MR) is 70.1 cm³/mol. The molecule has 2 N–H and O–H groups in total. The van der Waals surface area contributed by atoms with Crippen LogP contribution in [0.1, 0.15) is 10.4 Å². The van der Waals surface area contributed by atoms with Crippen molar-refractivity contribution in [2.75, 3.05) is 0 Å². The highest BCUT2D eigenvalue weighted by atomic mass is 16.4. The fraction of sp³-hybridized carbons (Fsp3) is 0. The van der Waals surface area contributed by atoms with Crippen LogP contribution in [0.3, 0.4) is 0 Å². The summed E-state index contributed by atoms with van der Waals surface area (Å²) in [7, 11) is 0. The third-order valence-electron chi connectivity index (χ3n) is 3.08. The van der Waals surface area contributed by atoms with Crippen LogP contribution in [0.2, 0.25) is 0 Å². The zero-order valence-electron chi connectivity index (χ0n) is 9.42. The van der Waals surface area contributed by atoms with Crippen molar-refractivity contribution in [1.82, 2.24) is 0 Å². The minimum atomic E-state index is -1.03. The number of phenolic OH excluding ortho intramolecular Hbond substituents is 1. The van der Waals surface area contributed by atoms with E-state index in [1.165, 1.54) is 6.07 Å². The van der Waals surface area contributed by atoms with Crippen LogP contribution in [0.25, 0.3) is 21.5 Å². The van der Waals surface area contributed by atoms with E-state index in [1.807, 2.05) is 18.2 Å². The van der Waals surface area contributed by atoms with E-state index in [4.69, 9.17) is 0 Å². The number of phenols is 1. The van der Waals surface area contributed by atoms with Crippen LogP contribution in [0.5, 0.6) is 5.75 Å². The fourth-order valence-corrected chi connectivity index (χ4v) is 2.33. The smallest absolute Gasteiger partial charge is 0.337 e. The van der Waals surface area contributed by atoms with Gasteiger partial charge in [-0.2, -0.15) is 0 Å². The van der Waals surface area contributed by atoms with Gasteiger partial charge >= 0.3 is 5.97 Å². The zero-order chi connectivity index (χ0) is 12.7. The Bertz CT molecular complexity index is 775. The highest BCUT2D eigenvalue weighted by Crippen LogP contribution is 2.33. The van der Waals surface area contributed by atoms with Crippen molar-refractivity contribution in [2.24, 2.45) is 0 Å². The molecule has 0 aliphatic heterocycles. The summed E-state index contributed by atoms with van der Waals surface area (Å²) in [5.74, 6) is -1.03. The average Bonchev–Trinajstić information content (AvgIpc) is 2.36. The maximum Gasteiger partial charge on any atom is 0.337 e. The molecule has 0 saturated carbocycles. The molecule has 0 saturated heterocycles. The molecule has 0 bridgehead atoms. The van der Waals surface area contributed by atoms with Crippen molar-refractivity contribution in [3.8, 4) is 5.75 Å². The summed E-state index contributed by atoms with van der Waals surface area (Å²) in [5, 5.41) is 21.9. The number of benzene rings is 3. The second kappa shape index (κ2) is 3.74. The van der Waals surface area contributed by atoms with Gasteiger partial charge in [0.2, 0.25) is 0 Å². The van der Waals surface area contributed by atoms with E-state index >= 15 is 0 Å².